The van der Waals surface area contributed by atoms with E-state index < -0.39 is 16.0 Å². The molecule has 0 spiro atoms. The van der Waals surface area contributed by atoms with Crippen LogP contribution in [0, 0.1) is 13.8 Å². The number of esters is 1. The molecule has 27 heavy (non-hydrogen) atoms. The molecule has 0 N–H and O–H groups in total. The Morgan fingerprint density at radius 1 is 1.07 bits per heavy atom. The molecule has 1 heterocycles. The highest BCUT2D eigenvalue weighted by Gasteiger charge is 2.27. The molecule has 2 aromatic rings. The van der Waals surface area contributed by atoms with Crippen LogP contribution in [-0.4, -0.2) is 45.0 Å². The van der Waals surface area contributed by atoms with Crippen LogP contribution in [0.15, 0.2) is 41.3 Å². The van der Waals surface area contributed by atoms with Gasteiger partial charge in [-0.3, -0.25) is 0 Å². The molecule has 2 aromatic carbocycles. The standard InChI is InChI=1S/C19H20ClNO5S/c1-13-3-5-16(27(23,24)21-7-9-25-10-8-21)12-17(13)19(22)26-15-4-6-18(20)14(2)11-15/h3-6,11-12H,7-10H2,1-2H3. The van der Waals surface area contributed by atoms with E-state index in [9.17, 15) is 13.2 Å². The number of aryl methyl sites for hydroxylation is 2. The van der Waals surface area contributed by atoms with Crippen LogP contribution in [0.3, 0.4) is 0 Å². The number of morpholine rings is 1. The molecule has 0 amide bonds. The Balaban J connectivity index is 1.88. The molecular formula is C19H20ClNO5S. The molecular weight excluding hydrogens is 390 g/mol. The summed E-state index contributed by atoms with van der Waals surface area (Å²) < 4.78 is 37.6. The van der Waals surface area contributed by atoms with Gasteiger partial charge in [-0.05, 0) is 55.3 Å². The van der Waals surface area contributed by atoms with Crippen molar-refractivity contribution >= 4 is 27.6 Å². The fourth-order valence-electron chi connectivity index (χ4n) is 2.76. The summed E-state index contributed by atoms with van der Waals surface area (Å²) >= 11 is 5.98. The number of hydrogen-bond acceptors (Lipinski definition) is 5. The molecule has 3 rings (SSSR count). The SMILES string of the molecule is Cc1cc(OC(=O)c2cc(S(=O)(=O)N3CCOCC3)ccc2C)ccc1Cl. The second-order valence-electron chi connectivity index (χ2n) is 6.29. The Morgan fingerprint density at radius 2 is 1.78 bits per heavy atom. The Hall–Kier alpha value is -1.93. The quantitative estimate of drug-likeness (QED) is 0.572. The smallest absolute Gasteiger partial charge is 0.343 e. The van der Waals surface area contributed by atoms with Gasteiger partial charge in [-0.1, -0.05) is 17.7 Å². The molecule has 0 aromatic heterocycles. The molecule has 144 valence electrons. The van der Waals surface area contributed by atoms with Crippen molar-refractivity contribution in [3.05, 3.63) is 58.1 Å². The van der Waals surface area contributed by atoms with Gasteiger partial charge in [-0.25, -0.2) is 13.2 Å². The summed E-state index contributed by atoms with van der Waals surface area (Å²) in [6.07, 6.45) is 0. The third-order valence-electron chi connectivity index (χ3n) is 4.38. The van der Waals surface area contributed by atoms with Crippen LogP contribution in [0.4, 0.5) is 0 Å². The van der Waals surface area contributed by atoms with Crippen molar-refractivity contribution in [3.8, 4) is 5.75 Å². The molecule has 1 aliphatic heterocycles. The van der Waals surface area contributed by atoms with E-state index in [1.807, 2.05) is 0 Å². The maximum absolute atomic E-state index is 12.8. The van der Waals surface area contributed by atoms with Crippen LogP contribution in [0.5, 0.6) is 5.75 Å². The minimum absolute atomic E-state index is 0.0641. The third kappa shape index (κ3) is 4.32. The second-order valence-corrected chi connectivity index (χ2v) is 8.64. The van der Waals surface area contributed by atoms with E-state index >= 15 is 0 Å². The van der Waals surface area contributed by atoms with Crippen molar-refractivity contribution in [3.63, 3.8) is 0 Å². The summed E-state index contributed by atoms with van der Waals surface area (Å²) in [6, 6.07) is 9.37. The van der Waals surface area contributed by atoms with Gasteiger partial charge in [-0.2, -0.15) is 4.31 Å². The van der Waals surface area contributed by atoms with Gasteiger partial charge in [0.25, 0.3) is 0 Å². The average molecular weight is 410 g/mol. The zero-order valence-corrected chi connectivity index (χ0v) is 16.6. The van der Waals surface area contributed by atoms with Gasteiger partial charge in [0.2, 0.25) is 10.0 Å². The molecule has 0 bridgehead atoms. The maximum atomic E-state index is 12.8. The molecule has 6 nitrogen and oxygen atoms in total. The largest absolute Gasteiger partial charge is 0.423 e. The van der Waals surface area contributed by atoms with E-state index in [-0.39, 0.29) is 10.5 Å². The molecule has 8 heteroatoms. The maximum Gasteiger partial charge on any atom is 0.343 e. The minimum atomic E-state index is -3.69. The molecule has 0 aliphatic carbocycles. The Labute approximate surface area is 163 Å². The highest BCUT2D eigenvalue weighted by Crippen LogP contribution is 2.24. The van der Waals surface area contributed by atoms with E-state index in [1.54, 1.807) is 38.1 Å². The van der Waals surface area contributed by atoms with E-state index in [0.717, 1.165) is 5.56 Å². The first-order valence-electron chi connectivity index (χ1n) is 8.46. The number of ether oxygens (including phenoxy) is 2. The number of rotatable bonds is 4. The minimum Gasteiger partial charge on any atom is -0.423 e. The predicted octanol–water partition coefficient (Wildman–Crippen LogP) is 3.20. The van der Waals surface area contributed by atoms with E-state index in [0.29, 0.717) is 42.6 Å². The first-order chi connectivity index (χ1) is 12.8. The average Bonchev–Trinajstić information content (AvgIpc) is 2.65. The molecule has 0 saturated carbocycles. The highest BCUT2D eigenvalue weighted by atomic mass is 35.5. The zero-order chi connectivity index (χ0) is 19.6. The van der Waals surface area contributed by atoms with E-state index in [1.165, 1.54) is 16.4 Å². The van der Waals surface area contributed by atoms with Crippen molar-refractivity contribution in [1.29, 1.82) is 0 Å². The van der Waals surface area contributed by atoms with Crippen LogP contribution in [-0.2, 0) is 14.8 Å². The molecule has 0 unspecified atom stereocenters. The molecule has 1 aliphatic rings. The lowest BCUT2D eigenvalue weighted by Gasteiger charge is -2.26. The van der Waals surface area contributed by atoms with Crippen molar-refractivity contribution in [2.24, 2.45) is 0 Å². The van der Waals surface area contributed by atoms with Crippen molar-refractivity contribution < 1.29 is 22.7 Å². The summed E-state index contributed by atoms with van der Waals surface area (Å²) in [6.45, 7) is 4.83. The van der Waals surface area contributed by atoms with Crippen LogP contribution in [0.1, 0.15) is 21.5 Å². The zero-order valence-electron chi connectivity index (χ0n) is 15.1. The lowest BCUT2D eigenvalue weighted by Crippen LogP contribution is -2.40. The van der Waals surface area contributed by atoms with E-state index in [4.69, 9.17) is 21.1 Å². The van der Waals surface area contributed by atoms with Gasteiger partial charge >= 0.3 is 5.97 Å². The van der Waals surface area contributed by atoms with Gasteiger partial charge in [0.15, 0.2) is 0 Å². The van der Waals surface area contributed by atoms with Crippen molar-refractivity contribution in [2.75, 3.05) is 26.3 Å². The Bertz CT molecular complexity index is 968. The van der Waals surface area contributed by atoms with Crippen LogP contribution < -0.4 is 4.74 Å². The summed E-state index contributed by atoms with van der Waals surface area (Å²) in [4.78, 5) is 12.7. The van der Waals surface area contributed by atoms with Gasteiger partial charge in [0.05, 0.1) is 23.7 Å². The highest BCUT2D eigenvalue weighted by molar-refractivity contribution is 7.89. The van der Waals surface area contributed by atoms with Crippen LogP contribution in [0.2, 0.25) is 5.02 Å². The first-order valence-corrected chi connectivity index (χ1v) is 10.3. The molecule has 1 saturated heterocycles. The van der Waals surface area contributed by atoms with E-state index in [2.05, 4.69) is 0 Å². The number of carbonyl (C=O) groups is 1. The Kier molecular flexibility index (Phi) is 5.86. The lowest BCUT2D eigenvalue weighted by molar-refractivity contribution is 0.0727. The number of hydrogen-bond donors (Lipinski definition) is 0. The predicted molar refractivity (Wildman–Crippen MR) is 102 cm³/mol. The summed E-state index contributed by atoms with van der Waals surface area (Å²) in [5, 5.41) is 0.574. The number of nitrogens with zero attached hydrogens (tertiary/aromatic N) is 1. The second kappa shape index (κ2) is 7.98. The lowest BCUT2D eigenvalue weighted by atomic mass is 10.1. The molecule has 0 radical (unpaired) electrons. The number of sulfonamides is 1. The third-order valence-corrected chi connectivity index (χ3v) is 6.70. The summed E-state index contributed by atoms with van der Waals surface area (Å²) in [5.74, 6) is -0.268. The molecule has 0 atom stereocenters. The summed E-state index contributed by atoms with van der Waals surface area (Å²) in [7, 11) is -3.69. The number of carbonyl (C=O) groups excluding carboxylic acids is 1. The first kappa shape index (κ1) is 19.8. The fourth-order valence-corrected chi connectivity index (χ4v) is 4.31. The topological polar surface area (TPSA) is 72.9 Å². The van der Waals surface area contributed by atoms with Gasteiger partial charge in [-0.15, -0.1) is 0 Å². The van der Waals surface area contributed by atoms with Gasteiger partial charge in [0, 0.05) is 18.1 Å². The number of halogens is 1. The summed E-state index contributed by atoms with van der Waals surface area (Å²) in [5.41, 5.74) is 1.62. The van der Waals surface area contributed by atoms with Crippen molar-refractivity contribution in [1.82, 2.24) is 4.31 Å². The number of benzene rings is 2. The Morgan fingerprint density at radius 3 is 2.44 bits per heavy atom. The van der Waals surface area contributed by atoms with Crippen LogP contribution in [0.25, 0.3) is 0 Å². The normalized spacial score (nSPS) is 15.5. The van der Waals surface area contributed by atoms with Gasteiger partial charge < -0.3 is 9.47 Å². The fraction of sp³-hybridized carbons (Fsp3) is 0.316. The molecule has 1 fully saturated rings. The van der Waals surface area contributed by atoms with Crippen LogP contribution >= 0.6 is 11.6 Å². The van der Waals surface area contributed by atoms with Gasteiger partial charge in [0.1, 0.15) is 5.75 Å². The van der Waals surface area contributed by atoms with Crippen molar-refractivity contribution in [2.45, 2.75) is 18.7 Å². The monoisotopic (exact) mass is 409 g/mol.